The largest absolute Gasteiger partial charge is 0.480 e. The highest BCUT2D eigenvalue weighted by Crippen LogP contribution is 2.13. The third kappa shape index (κ3) is 16.0. The van der Waals surface area contributed by atoms with Gasteiger partial charge in [-0.3, -0.25) is 9.59 Å². The molecular weight excluding hydrogens is 400 g/mol. The minimum Gasteiger partial charge on any atom is -0.480 e. The molecule has 0 aromatic rings. The molecule has 0 saturated heterocycles. The second-order valence-electron chi connectivity index (χ2n) is 7.70. The van der Waals surface area contributed by atoms with Crippen LogP contribution in [0.4, 0.5) is 0 Å². The smallest absolute Gasteiger partial charge is 0.327 e. The van der Waals surface area contributed by atoms with E-state index < -0.39 is 17.9 Å². The second kappa shape index (κ2) is 16.9. The Bertz CT molecular complexity index is 650. The quantitative estimate of drug-likeness (QED) is 0.248. The maximum atomic E-state index is 11.8. The van der Waals surface area contributed by atoms with Crippen LogP contribution in [0, 0.1) is 0 Å². The van der Waals surface area contributed by atoms with Crippen molar-refractivity contribution in [2.24, 2.45) is 5.73 Å². The highest BCUT2D eigenvalue weighted by molar-refractivity contribution is 7.99. The predicted octanol–water partition coefficient (Wildman–Crippen LogP) is 4.02. The first-order valence-corrected chi connectivity index (χ1v) is 11.6. The Kier molecular flexibility index (Phi) is 15.8. The van der Waals surface area contributed by atoms with Crippen LogP contribution in [0.2, 0.25) is 0 Å². The van der Waals surface area contributed by atoms with E-state index in [2.05, 4.69) is 51.2 Å². The summed E-state index contributed by atoms with van der Waals surface area (Å²) in [5.41, 5.74) is 9.23. The van der Waals surface area contributed by atoms with E-state index in [0.717, 1.165) is 25.7 Å². The third-order valence-electron chi connectivity index (χ3n) is 4.45. The molecule has 0 rings (SSSR count). The Morgan fingerprint density at radius 1 is 0.933 bits per heavy atom. The fourth-order valence-corrected chi connectivity index (χ4v) is 3.52. The van der Waals surface area contributed by atoms with Gasteiger partial charge >= 0.3 is 5.97 Å². The summed E-state index contributed by atoms with van der Waals surface area (Å²) in [4.78, 5) is 34.3. The van der Waals surface area contributed by atoms with Gasteiger partial charge < -0.3 is 16.2 Å². The van der Waals surface area contributed by atoms with Gasteiger partial charge in [-0.15, -0.1) is 0 Å². The molecule has 1 amide bonds. The average molecular weight is 439 g/mol. The Morgan fingerprint density at radius 2 is 1.53 bits per heavy atom. The number of hydrogen-bond donors (Lipinski definition) is 3. The molecule has 1 atom stereocenters. The molecule has 0 aliphatic carbocycles. The van der Waals surface area contributed by atoms with E-state index in [1.807, 2.05) is 0 Å². The standard InChI is InChI=1S/C23H38N2O4S/c1-17(2)7-5-8-18(3)9-6-10-19(4)13-14-30-16-21(23(28)29)25-22(27)12-11-20(26)15-24/h7,9,13,21H,5-6,8,10-12,14-16,24H2,1-4H3,(H,25,27)(H,28,29)/b18-9+,19-13+/t21-/m0/s1. The molecule has 0 fully saturated rings. The number of carboxylic acid groups (broad SMARTS) is 1. The summed E-state index contributed by atoms with van der Waals surface area (Å²) in [7, 11) is 0. The zero-order chi connectivity index (χ0) is 22.9. The van der Waals surface area contributed by atoms with Crippen molar-refractivity contribution in [1.29, 1.82) is 0 Å². The molecule has 0 radical (unpaired) electrons. The first-order valence-electron chi connectivity index (χ1n) is 10.4. The van der Waals surface area contributed by atoms with E-state index in [1.54, 1.807) is 0 Å². The van der Waals surface area contributed by atoms with Gasteiger partial charge in [-0.1, -0.05) is 34.9 Å². The van der Waals surface area contributed by atoms with Crippen molar-refractivity contribution in [3.8, 4) is 0 Å². The van der Waals surface area contributed by atoms with Crippen LogP contribution in [-0.2, 0) is 14.4 Å². The van der Waals surface area contributed by atoms with E-state index >= 15 is 0 Å². The molecule has 0 aromatic carbocycles. The van der Waals surface area contributed by atoms with E-state index in [1.165, 1.54) is 28.5 Å². The van der Waals surface area contributed by atoms with Crippen LogP contribution in [-0.4, -0.2) is 46.9 Å². The minimum atomic E-state index is -1.07. The van der Waals surface area contributed by atoms with Gasteiger partial charge in [0.15, 0.2) is 0 Å². The highest BCUT2D eigenvalue weighted by Gasteiger charge is 2.19. The van der Waals surface area contributed by atoms with Crippen LogP contribution in [0.5, 0.6) is 0 Å². The number of amides is 1. The molecule has 0 aromatic heterocycles. The van der Waals surface area contributed by atoms with Crippen LogP contribution in [0.25, 0.3) is 0 Å². The predicted molar refractivity (Wildman–Crippen MR) is 126 cm³/mol. The van der Waals surface area contributed by atoms with E-state index in [9.17, 15) is 19.5 Å². The van der Waals surface area contributed by atoms with Gasteiger partial charge in [0.05, 0.1) is 6.54 Å². The number of Topliss-reactive ketones (excluding diaryl/α,β-unsaturated/α-hetero) is 1. The fraction of sp³-hybridized carbons (Fsp3) is 0.609. The number of aliphatic carboxylic acids is 1. The van der Waals surface area contributed by atoms with Crippen molar-refractivity contribution in [2.45, 2.75) is 72.3 Å². The number of nitrogens with one attached hydrogen (secondary N) is 1. The summed E-state index contributed by atoms with van der Waals surface area (Å²) in [5, 5.41) is 11.7. The van der Waals surface area contributed by atoms with Crippen molar-refractivity contribution in [3.05, 3.63) is 34.9 Å². The number of carboxylic acids is 1. The zero-order valence-corrected chi connectivity index (χ0v) is 19.6. The molecule has 0 saturated carbocycles. The highest BCUT2D eigenvalue weighted by atomic mass is 32.2. The van der Waals surface area contributed by atoms with Gasteiger partial charge in [0.2, 0.25) is 5.91 Å². The van der Waals surface area contributed by atoms with Gasteiger partial charge in [0.25, 0.3) is 0 Å². The lowest BCUT2D eigenvalue weighted by molar-refractivity contribution is -0.141. The fourth-order valence-electron chi connectivity index (χ4n) is 2.52. The van der Waals surface area contributed by atoms with Crippen molar-refractivity contribution < 1.29 is 19.5 Å². The Balaban J connectivity index is 4.22. The van der Waals surface area contributed by atoms with Crippen molar-refractivity contribution in [3.63, 3.8) is 0 Å². The Hall–Kier alpha value is -1.86. The number of carbonyl (C=O) groups is 3. The lowest BCUT2D eigenvalue weighted by Crippen LogP contribution is -2.42. The maximum Gasteiger partial charge on any atom is 0.327 e. The number of rotatable bonds is 16. The topological polar surface area (TPSA) is 109 Å². The molecule has 7 heteroatoms. The summed E-state index contributed by atoms with van der Waals surface area (Å²) in [6.07, 6.45) is 10.8. The first-order chi connectivity index (χ1) is 14.1. The van der Waals surface area contributed by atoms with Crippen LogP contribution >= 0.6 is 11.8 Å². The summed E-state index contributed by atoms with van der Waals surface area (Å²) < 4.78 is 0. The van der Waals surface area contributed by atoms with E-state index in [0.29, 0.717) is 5.75 Å². The molecule has 6 nitrogen and oxygen atoms in total. The van der Waals surface area contributed by atoms with Crippen LogP contribution < -0.4 is 11.1 Å². The molecule has 0 unspecified atom stereocenters. The van der Waals surface area contributed by atoms with Gasteiger partial charge in [-0.2, -0.15) is 11.8 Å². The van der Waals surface area contributed by atoms with Crippen LogP contribution in [0.3, 0.4) is 0 Å². The monoisotopic (exact) mass is 438 g/mol. The maximum absolute atomic E-state index is 11.8. The summed E-state index contributed by atoms with van der Waals surface area (Å²) in [6.45, 7) is 8.37. The molecule has 30 heavy (non-hydrogen) atoms. The zero-order valence-electron chi connectivity index (χ0n) is 18.8. The third-order valence-corrected chi connectivity index (χ3v) is 5.42. The number of thioether (sulfide) groups is 1. The lowest BCUT2D eigenvalue weighted by atomic mass is 10.1. The van der Waals surface area contributed by atoms with E-state index in [-0.39, 0.29) is 30.9 Å². The lowest BCUT2D eigenvalue weighted by Gasteiger charge is -2.13. The molecule has 0 aliphatic heterocycles. The van der Waals surface area contributed by atoms with Gasteiger partial charge in [-0.05, 0) is 53.4 Å². The molecule has 0 bridgehead atoms. The van der Waals surface area contributed by atoms with Gasteiger partial charge in [0, 0.05) is 24.3 Å². The van der Waals surface area contributed by atoms with Crippen molar-refractivity contribution in [2.75, 3.05) is 18.1 Å². The van der Waals surface area contributed by atoms with Crippen molar-refractivity contribution >= 4 is 29.4 Å². The van der Waals surface area contributed by atoms with Crippen LogP contribution in [0.15, 0.2) is 34.9 Å². The molecule has 0 heterocycles. The molecule has 4 N–H and O–H groups in total. The number of allylic oxidation sites excluding steroid dienone is 5. The van der Waals surface area contributed by atoms with Crippen LogP contribution in [0.1, 0.15) is 66.2 Å². The molecular formula is C23H38N2O4S. The Labute approximate surface area is 185 Å². The molecule has 0 aliphatic rings. The number of ketones is 1. The minimum absolute atomic E-state index is 0.0343. The SMILES string of the molecule is CC(C)=CCC/C(C)=C/CC/C(C)=C/CSC[C@H](NC(=O)CCC(=O)CN)C(=O)O. The van der Waals surface area contributed by atoms with Gasteiger partial charge in [-0.25, -0.2) is 4.79 Å². The summed E-state index contributed by atoms with van der Waals surface area (Å²) in [6, 6.07) is -0.962. The molecule has 0 spiro atoms. The van der Waals surface area contributed by atoms with E-state index in [4.69, 9.17) is 5.73 Å². The number of nitrogens with two attached hydrogens (primary N) is 1. The average Bonchev–Trinajstić information content (AvgIpc) is 2.67. The first kappa shape index (κ1) is 28.1. The number of hydrogen-bond acceptors (Lipinski definition) is 5. The summed E-state index contributed by atoms with van der Waals surface area (Å²) >= 11 is 1.46. The normalized spacial score (nSPS) is 13.0. The summed E-state index contributed by atoms with van der Waals surface area (Å²) in [5.74, 6) is -0.761. The molecule has 170 valence electrons. The second-order valence-corrected chi connectivity index (χ2v) is 8.77. The van der Waals surface area contributed by atoms with Gasteiger partial charge in [0.1, 0.15) is 11.8 Å². The van der Waals surface area contributed by atoms with Crippen molar-refractivity contribution in [1.82, 2.24) is 5.32 Å². The number of carbonyl (C=O) groups excluding carboxylic acids is 2. The Morgan fingerprint density at radius 3 is 2.10 bits per heavy atom.